The average molecular weight is 117 g/mol. The zero-order valence-corrected chi connectivity index (χ0v) is 5.23. The van der Waals surface area contributed by atoms with E-state index in [4.69, 9.17) is 0 Å². The molecule has 0 fully saturated rings. The van der Waals surface area contributed by atoms with Crippen LogP contribution in [0.4, 0.5) is 0 Å². The van der Waals surface area contributed by atoms with E-state index in [1.54, 1.807) is 7.05 Å². The van der Waals surface area contributed by atoms with Gasteiger partial charge in [-0.3, -0.25) is 4.79 Å². The number of Topliss-reactive ketones (excluding diaryl/α,β-unsaturated/α-hetero) is 1. The van der Waals surface area contributed by atoms with Crippen molar-refractivity contribution in [3.05, 3.63) is 0 Å². The second-order valence-corrected chi connectivity index (χ2v) is 1.50. The Morgan fingerprint density at radius 3 is 2.75 bits per heavy atom. The third-order valence-electron chi connectivity index (χ3n) is 0.679. The van der Waals surface area contributed by atoms with Crippen LogP contribution in [0.25, 0.3) is 0 Å². The number of likely N-dealkylation sites (N-methyl/N-ethyl adjacent to an activating group) is 1. The van der Waals surface area contributed by atoms with Crippen LogP contribution in [0.15, 0.2) is 0 Å². The van der Waals surface area contributed by atoms with Crippen LogP contribution >= 0.6 is 0 Å². The maximum Gasteiger partial charge on any atom is 0.172 e. The molecule has 8 heavy (non-hydrogen) atoms. The lowest BCUT2D eigenvalue weighted by Gasteiger charge is -1.94. The Bertz CT molecular complexity index is 64.8. The molecule has 0 atom stereocenters. The van der Waals surface area contributed by atoms with E-state index >= 15 is 0 Å². The highest BCUT2D eigenvalue weighted by molar-refractivity contribution is 5.81. The molecule has 0 saturated heterocycles. The summed E-state index contributed by atoms with van der Waals surface area (Å²) < 4.78 is 4.57. The third kappa shape index (κ3) is 3.77. The van der Waals surface area contributed by atoms with Crippen molar-refractivity contribution in [2.75, 3.05) is 27.3 Å². The van der Waals surface area contributed by atoms with E-state index in [0.717, 1.165) is 0 Å². The summed E-state index contributed by atoms with van der Waals surface area (Å²) in [5.74, 6) is 0.0787. The summed E-state index contributed by atoms with van der Waals surface area (Å²) >= 11 is 0. The van der Waals surface area contributed by atoms with Gasteiger partial charge in [0.25, 0.3) is 0 Å². The van der Waals surface area contributed by atoms with Crippen molar-refractivity contribution in [1.29, 1.82) is 0 Å². The molecule has 0 aliphatic rings. The molecule has 0 bridgehead atoms. The Morgan fingerprint density at radius 1 is 1.75 bits per heavy atom. The van der Waals surface area contributed by atoms with E-state index in [9.17, 15) is 4.79 Å². The molecule has 0 heterocycles. The molecule has 0 aliphatic carbocycles. The van der Waals surface area contributed by atoms with Gasteiger partial charge in [0.2, 0.25) is 0 Å². The van der Waals surface area contributed by atoms with Gasteiger partial charge in [-0.1, -0.05) is 0 Å². The van der Waals surface area contributed by atoms with E-state index < -0.39 is 0 Å². The lowest BCUT2D eigenvalue weighted by molar-refractivity contribution is -0.121. The zero-order valence-electron chi connectivity index (χ0n) is 5.23. The van der Waals surface area contributed by atoms with Crippen molar-refractivity contribution in [3.63, 3.8) is 0 Å². The maximum atomic E-state index is 10.5. The van der Waals surface area contributed by atoms with Crippen LogP contribution < -0.4 is 5.32 Å². The molecule has 48 valence electrons. The number of hydrogen-bond acceptors (Lipinski definition) is 3. The van der Waals surface area contributed by atoms with Gasteiger partial charge in [-0.15, -0.1) is 0 Å². The molecule has 0 saturated carbocycles. The number of rotatable bonds is 4. The van der Waals surface area contributed by atoms with Crippen LogP contribution in [-0.4, -0.2) is 33.1 Å². The van der Waals surface area contributed by atoms with Crippen molar-refractivity contribution < 1.29 is 9.53 Å². The van der Waals surface area contributed by atoms with E-state index in [0.29, 0.717) is 6.54 Å². The Labute approximate surface area is 49.0 Å². The topological polar surface area (TPSA) is 38.3 Å². The highest BCUT2D eigenvalue weighted by Gasteiger charge is 1.94. The van der Waals surface area contributed by atoms with E-state index in [-0.39, 0.29) is 12.4 Å². The van der Waals surface area contributed by atoms with Crippen LogP contribution in [0.3, 0.4) is 0 Å². The average Bonchev–Trinajstić information content (AvgIpc) is 1.68. The predicted molar refractivity (Wildman–Crippen MR) is 30.8 cm³/mol. The number of carbonyl (C=O) groups is 1. The van der Waals surface area contributed by atoms with Crippen molar-refractivity contribution in [3.8, 4) is 0 Å². The summed E-state index contributed by atoms with van der Waals surface area (Å²) in [7, 11) is 3.24. The van der Waals surface area contributed by atoms with Gasteiger partial charge in [0, 0.05) is 7.11 Å². The molecule has 0 aliphatic heterocycles. The fourth-order valence-corrected chi connectivity index (χ4v) is 0.409. The summed E-state index contributed by atoms with van der Waals surface area (Å²) in [6, 6.07) is 0. The molecule has 3 heteroatoms. The number of hydrogen-bond donors (Lipinski definition) is 1. The standard InChI is InChI=1S/C5H11NO2/c1-6-3-5(7)4-8-2/h6H,3-4H2,1-2H3. The molecule has 0 aromatic carbocycles. The van der Waals surface area contributed by atoms with Gasteiger partial charge in [0.1, 0.15) is 6.61 Å². The molecular weight excluding hydrogens is 106 g/mol. The highest BCUT2D eigenvalue weighted by Crippen LogP contribution is 1.68. The van der Waals surface area contributed by atoms with Crippen molar-refractivity contribution in [1.82, 2.24) is 5.32 Å². The zero-order chi connectivity index (χ0) is 6.41. The highest BCUT2D eigenvalue weighted by atomic mass is 16.5. The van der Waals surface area contributed by atoms with Gasteiger partial charge in [-0.05, 0) is 7.05 Å². The molecule has 0 amide bonds. The minimum absolute atomic E-state index is 0.0787. The van der Waals surface area contributed by atoms with Crippen molar-refractivity contribution in [2.45, 2.75) is 0 Å². The fraction of sp³-hybridized carbons (Fsp3) is 0.800. The third-order valence-corrected chi connectivity index (χ3v) is 0.679. The van der Waals surface area contributed by atoms with Gasteiger partial charge in [-0.25, -0.2) is 0 Å². The summed E-state index contributed by atoms with van der Waals surface area (Å²) in [4.78, 5) is 10.5. The van der Waals surface area contributed by atoms with Crippen molar-refractivity contribution >= 4 is 5.78 Å². The first kappa shape index (κ1) is 7.59. The Kier molecular flexibility index (Phi) is 4.50. The molecule has 3 nitrogen and oxygen atoms in total. The Morgan fingerprint density at radius 2 is 2.38 bits per heavy atom. The van der Waals surface area contributed by atoms with Crippen LogP contribution in [-0.2, 0) is 9.53 Å². The molecule has 0 aromatic rings. The second kappa shape index (κ2) is 4.74. The molecule has 0 aromatic heterocycles. The summed E-state index contributed by atoms with van der Waals surface area (Å²) in [5.41, 5.74) is 0. The maximum absolute atomic E-state index is 10.5. The first-order chi connectivity index (χ1) is 3.81. The molecule has 0 spiro atoms. The summed E-state index contributed by atoms with van der Waals surface area (Å²) in [5, 5.41) is 2.72. The van der Waals surface area contributed by atoms with Gasteiger partial charge in [0.15, 0.2) is 5.78 Å². The van der Waals surface area contributed by atoms with Crippen molar-refractivity contribution in [2.24, 2.45) is 0 Å². The number of methoxy groups -OCH3 is 1. The lowest BCUT2D eigenvalue weighted by Crippen LogP contribution is -2.21. The Balaban J connectivity index is 3.06. The first-order valence-electron chi connectivity index (χ1n) is 2.46. The van der Waals surface area contributed by atoms with Gasteiger partial charge >= 0.3 is 0 Å². The van der Waals surface area contributed by atoms with Crippen LogP contribution in [0.1, 0.15) is 0 Å². The quantitative estimate of drug-likeness (QED) is 0.535. The van der Waals surface area contributed by atoms with Gasteiger partial charge < -0.3 is 10.1 Å². The first-order valence-corrected chi connectivity index (χ1v) is 2.46. The van der Waals surface area contributed by atoms with E-state index in [2.05, 4.69) is 10.1 Å². The Hall–Kier alpha value is -0.410. The molecular formula is C5H11NO2. The normalized spacial score (nSPS) is 9.25. The fourth-order valence-electron chi connectivity index (χ4n) is 0.409. The van der Waals surface area contributed by atoms with E-state index in [1.807, 2.05) is 0 Å². The van der Waals surface area contributed by atoms with E-state index in [1.165, 1.54) is 7.11 Å². The largest absolute Gasteiger partial charge is 0.377 e. The smallest absolute Gasteiger partial charge is 0.172 e. The summed E-state index contributed by atoms with van der Waals surface area (Å²) in [6.07, 6.45) is 0. The van der Waals surface area contributed by atoms with Crippen LogP contribution in [0.2, 0.25) is 0 Å². The number of nitrogens with one attached hydrogen (secondary N) is 1. The number of carbonyl (C=O) groups excluding carboxylic acids is 1. The molecule has 0 radical (unpaired) electrons. The number of ether oxygens (including phenoxy) is 1. The minimum atomic E-state index is 0.0787. The number of ketones is 1. The minimum Gasteiger partial charge on any atom is -0.377 e. The lowest BCUT2D eigenvalue weighted by atomic mass is 10.4. The summed E-state index contributed by atoms with van der Waals surface area (Å²) in [6.45, 7) is 0.606. The second-order valence-electron chi connectivity index (χ2n) is 1.50. The monoisotopic (exact) mass is 117 g/mol. The van der Waals surface area contributed by atoms with Crippen LogP contribution in [0.5, 0.6) is 0 Å². The van der Waals surface area contributed by atoms with Crippen LogP contribution in [0, 0.1) is 0 Å². The molecule has 0 unspecified atom stereocenters. The SMILES string of the molecule is CNCC(=O)COC. The van der Waals surface area contributed by atoms with Gasteiger partial charge in [-0.2, -0.15) is 0 Å². The van der Waals surface area contributed by atoms with Gasteiger partial charge in [0.05, 0.1) is 6.54 Å². The predicted octanol–water partition coefficient (Wildman–Crippen LogP) is -0.579. The molecule has 1 N–H and O–H groups in total. The molecule has 0 rings (SSSR count).